The molecule has 1 amide bonds. The Hall–Kier alpha value is -3.01. The van der Waals surface area contributed by atoms with Crippen LogP contribution >= 0.6 is 0 Å². The molecule has 10 heteroatoms. The molecule has 1 aliphatic rings. The van der Waals surface area contributed by atoms with Crippen LogP contribution in [0, 0.1) is 5.82 Å². The molecule has 1 atom stereocenters. The lowest BCUT2D eigenvalue weighted by Gasteiger charge is -2.10. The maximum atomic E-state index is 13.5. The third kappa shape index (κ3) is 3.58. The summed E-state index contributed by atoms with van der Waals surface area (Å²) in [5, 5.41) is 22.0. The zero-order valence-corrected chi connectivity index (χ0v) is 13.4. The van der Waals surface area contributed by atoms with Crippen molar-refractivity contribution >= 4 is 17.6 Å². The number of rotatable bonds is 5. The van der Waals surface area contributed by atoms with E-state index in [1.54, 1.807) is 6.07 Å². The molecule has 0 saturated heterocycles. The van der Waals surface area contributed by atoms with Crippen molar-refractivity contribution < 1.29 is 19.0 Å². The molecule has 3 rings (SSSR count). The van der Waals surface area contributed by atoms with Gasteiger partial charge in [-0.15, -0.1) is 0 Å². The van der Waals surface area contributed by atoms with Crippen molar-refractivity contribution in [2.24, 2.45) is 4.99 Å². The molecular weight excluding hydrogens is 331 g/mol. The molecule has 0 aliphatic heterocycles. The smallest absolute Gasteiger partial charge is 0.239 e. The molecule has 1 heterocycles. The summed E-state index contributed by atoms with van der Waals surface area (Å²) >= 11 is 0. The van der Waals surface area contributed by atoms with Crippen molar-refractivity contribution in [3.8, 4) is 0 Å². The molecule has 1 aliphatic carbocycles. The lowest BCUT2D eigenvalue weighted by molar-refractivity contribution is -0.118. The van der Waals surface area contributed by atoms with Crippen LogP contribution < -0.4 is 16.1 Å². The molecule has 0 bridgehead atoms. The standard InChI is InChI=1S/C15H17FN6O3/c1-17-12(23)7-18-14-13(21-25-22-14)15(20-24)19-11-5-3-8-2-4-9(16)6-10(8)11/h2,4,6,11,24H,3,5,7H2,1H3,(H,17,23)(H,18,22)(H,19,20). The van der Waals surface area contributed by atoms with Crippen LogP contribution in [0.15, 0.2) is 27.8 Å². The van der Waals surface area contributed by atoms with Crippen molar-refractivity contribution in [2.45, 2.75) is 18.9 Å². The number of carbonyl (C=O) groups excluding carboxylic acids is 1. The zero-order valence-electron chi connectivity index (χ0n) is 13.4. The number of carbonyl (C=O) groups is 1. The first kappa shape index (κ1) is 16.8. The number of amides is 1. The largest absolute Gasteiger partial charge is 0.358 e. The lowest BCUT2D eigenvalue weighted by Crippen LogP contribution is -2.28. The highest BCUT2D eigenvalue weighted by molar-refractivity contribution is 6.00. The van der Waals surface area contributed by atoms with Crippen LogP contribution in [-0.2, 0) is 11.2 Å². The van der Waals surface area contributed by atoms with Gasteiger partial charge in [0.15, 0.2) is 11.5 Å². The van der Waals surface area contributed by atoms with E-state index in [0.717, 1.165) is 17.5 Å². The number of benzene rings is 1. The molecule has 25 heavy (non-hydrogen) atoms. The number of hydrogen-bond acceptors (Lipinski definition) is 7. The Morgan fingerprint density at radius 3 is 3.08 bits per heavy atom. The molecule has 9 nitrogen and oxygen atoms in total. The van der Waals surface area contributed by atoms with Crippen molar-refractivity contribution in [1.29, 1.82) is 0 Å². The first-order valence-corrected chi connectivity index (χ1v) is 7.66. The van der Waals surface area contributed by atoms with Crippen molar-refractivity contribution in [3.05, 3.63) is 40.8 Å². The van der Waals surface area contributed by atoms with Crippen LogP contribution in [0.3, 0.4) is 0 Å². The molecule has 4 N–H and O–H groups in total. The Morgan fingerprint density at radius 1 is 1.48 bits per heavy atom. The second-order valence-corrected chi connectivity index (χ2v) is 5.48. The number of aryl methyl sites for hydroxylation is 1. The summed E-state index contributed by atoms with van der Waals surface area (Å²) in [4.78, 5) is 15.7. The highest BCUT2D eigenvalue weighted by Gasteiger charge is 2.25. The quantitative estimate of drug-likeness (QED) is 0.357. The number of anilines is 1. The summed E-state index contributed by atoms with van der Waals surface area (Å²) in [7, 11) is 1.50. The van der Waals surface area contributed by atoms with Gasteiger partial charge in [-0.1, -0.05) is 6.07 Å². The molecule has 132 valence electrons. The number of fused-ring (bicyclic) bond motifs is 1. The van der Waals surface area contributed by atoms with Crippen molar-refractivity contribution in [2.75, 3.05) is 18.9 Å². The molecule has 0 radical (unpaired) electrons. The number of aliphatic imine (C=N–C) groups is 1. The van der Waals surface area contributed by atoms with Gasteiger partial charge in [0.05, 0.1) is 12.6 Å². The Balaban J connectivity index is 1.85. The van der Waals surface area contributed by atoms with E-state index in [0.29, 0.717) is 6.42 Å². The zero-order chi connectivity index (χ0) is 17.8. The minimum absolute atomic E-state index is 0.0165. The topological polar surface area (TPSA) is 125 Å². The van der Waals surface area contributed by atoms with Gasteiger partial charge in [-0.05, 0) is 46.4 Å². The van der Waals surface area contributed by atoms with E-state index >= 15 is 0 Å². The van der Waals surface area contributed by atoms with E-state index in [4.69, 9.17) is 0 Å². The number of likely N-dealkylation sites (N-methyl/N-ethyl adjacent to an activating group) is 1. The highest BCUT2D eigenvalue weighted by Crippen LogP contribution is 2.34. The molecular formula is C15H17FN6O3. The van der Waals surface area contributed by atoms with Gasteiger partial charge in [0.1, 0.15) is 5.82 Å². The fourth-order valence-electron chi connectivity index (χ4n) is 2.70. The Labute approximate surface area is 142 Å². The van der Waals surface area contributed by atoms with Crippen LogP contribution in [0.2, 0.25) is 0 Å². The van der Waals surface area contributed by atoms with Gasteiger partial charge in [0.2, 0.25) is 11.7 Å². The maximum absolute atomic E-state index is 13.5. The van der Waals surface area contributed by atoms with Gasteiger partial charge in [-0.3, -0.25) is 20.5 Å². The van der Waals surface area contributed by atoms with Crippen LogP contribution in [0.5, 0.6) is 0 Å². The summed E-state index contributed by atoms with van der Waals surface area (Å²) in [6.07, 6.45) is 1.44. The lowest BCUT2D eigenvalue weighted by atomic mass is 10.1. The average Bonchev–Trinajstić information content (AvgIpc) is 3.24. The van der Waals surface area contributed by atoms with Gasteiger partial charge in [0, 0.05) is 7.05 Å². The van der Waals surface area contributed by atoms with Gasteiger partial charge in [-0.25, -0.2) is 9.02 Å². The third-order valence-corrected chi connectivity index (χ3v) is 3.95. The maximum Gasteiger partial charge on any atom is 0.239 e. The molecule has 1 aromatic carbocycles. The molecule has 0 saturated carbocycles. The van der Waals surface area contributed by atoms with E-state index in [-0.39, 0.29) is 41.7 Å². The van der Waals surface area contributed by atoms with Gasteiger partial charge in [-0.2, -0.15) is 0 Å². The van der Waals surface area contributed by atoms with E-state index in [9.17, 15) is 14.4 Å². The fraction of sp³-hybridized carbons (Fsp3) is 0.333. The second kappa shape index (κ2) is 7.26. The number of halogens is 1. The van der Waals surface area contributed by atoms with E-state index < -0.39 is 0 Å². The number of aromatic nitrogens is 2. The number of hydroxylamine groups is 1. The predicted molar refractivity (Wildman–Crippen MR) is 85.8 cm³/mol. The Bertz CT molecular complexity index is 806. The number of amidine groups is 1. The molecule has 1 unspecified atom stereocenters. The number of nitrogens with zero attached hydrogens (tertiary/aromatic N) is 3. The van der Waals surface area contributed by atoms with Crippen molar-refractivity contribution in [3.63, 3.8) is 0 Å². The summed E-state index contributed by atoms with van der Waals surface area (Å²) < 4.78 is 18.2. The normalized spacial score (nSPS) is 16.4. The summed E-state index contributed by atoms with van der Waals surface area (Å²) in [6.45, 7) is -0.0477. The number of nitrogens with one attached hydrogen (secondary N) is 3. The number of hydrogen-bond donors (Lipinski definition) is 4. The SMILES string of the molecule is CNC(=O)CNc1nonc1C(=NC1CCc2ccc(F)cc21)NO. The van der Waals surface area contributed by atoms with Crippen LogP contribution in [0.1, 0.15) is 29.3 Å². The minimum Gasteiger partial charge on any atom is -0.358 e. The molecule has 0 spiro atoms. The summed E-state index contributed by atoms with van der Waals surface area (Å²) in [5.41, 5.74) is 3.88. The molecule has 0 fully saturated rings. The Kier molecular flexibility index (Phi) is 4.89. The van der Waals surface area contributed by atoms with Crippen LogP contribution in [0.4, 0.5) is 10.2 Å². The Morgan fingerprint density at radius 2 is 2.32 bits per heavy atom. The first-order valence-electron chi connectivity index (χ1n) is 7.66. The van der Waals surface area contributed by atoms with Gasteiger partial charge < -0.3 is 10.6 Å². The summed E-state index contributed by atoms with van der Waals surface area (Å²) in [5.74, 6) is -0.427. The first-order chi connectivity index (χ1) is 12.1. The van der Waals surface area contributed by atoms with Crippen molar-refractivity contribution in [1.82, 2.24) is 21.1 Å². The average molecular weight is 348 g/mol. The van der Waals surface area contributed by atoms with Gasteiger partial charge >= 0.3 is 0 Å². The molecule has 1 aromatic heterocycles. The molecule has 2 aromatic rings. The third-order valence-electron chi connectivity index (χ3n) is 3.95. The fourth-order valence-corrected chi connectivity index (χ4v) is 2.70. The van der Waals surface area contributed by atoms with Gasteiger partial charge in [0.25, 0.3) is 0 Å². The van der Waals surface area contributed by atoms with Crippen LogP contribution in [0.25, 0.3) is 0 Å². The second-order valence-electron chi connectivity index (χ2n) is 5.48. The van der Waals surface area contributed by atoms with E-state index in [1.807, 2.05) is 5.48 Å². The van der Waals surface area contributed by atoms with E-state index in [2.05, 4.69) is 30.6 Å². The summed E-state index contributed by atoms with van der Waals surface area (Å²) in [6, 6.07) is 4.26. The van der Waals surface area contributed by atoms with E-state index in [1.165, 1.54) is 19.2 Å². The van der Waals surface area contributed by atoms with Crippen LogP contribution in [-0.4, -0.2) is 40.9 Å². The monoisotopic (exact) mass is 348 g/mol. The highest BCUT2D eigenvalue weighted by atomic mass is 19.1. The minimum atomic E-state index is -0.338. The predicted octanol–water partition coefficient (Wildman–Crippen LogP) is 0.779.